The topological polar surface area (TPSA) is 68.9 Å². The van der Waals surface area contributed by atoms with Crippen molar-refractivity contribution in [3.8, 4) is 0 Å². The summed E-state index contributed by atoms with van der Waals surface area (Å²) in [5.74, 6) is 2.59. The molecule has 1 aromatic carbocycles. The number of benzene rings is 1. The normalized spacial score (nSPS) is 20.8. The van der Waals surface area contributed by atoms with Gasteiger partial charge in [-0.15, -0.1) is 0 Å². The van der Waals surface area contributed by atoms with Gasteiger partial charge in [-0.3, -0.25) is 9.78 Å². The van der Waals surface area contributed by atoms with Crippen LogP contribution in [0, 0.1) is 11.8 Å². The summed E-state index contributed by atoms with van der Waals surface area (Å²) in [7, 11) is 8.13. The Balaban J connectivity index is 1.44. The molecule has 0 saturated heterocycles. The Morgan fingerprint density at radius 1 is 1.06 bits per heavy atom. The van der Waals surface area contributed by atoms with Gasteiger partial charge in [-0.2, -0.15) is 0 Å². The molecule has 2 bridgehead atoms. The highest BCUT2D eigenvalue weighted by molar-refractivity contribution is 6.05. The van der Waals surface area contributed by atoms with Crippen LogP contribution in [-0.2, 0) is 6.54 Å². The molecule has 0 radical (unpaired) electrons. The number of amides is 1. The van der Waals surface area contributed by atoms with Gasteiger partial charge in [0.2, 0.25) is 0 Å². The van der Waals surface area contributed by atoms with Gasteiger partial charge in [0.05, 0.1) is 17.2 Å². The number of nitrogen functional groups attached to an aromatic ring is 1. The number of likely N-dealkylation sites (N-methyl/N-ethyl adjacent to an activating group) is 1. The number of anilines is 2. The Kier molecular flexibility index (Phi) is 7.65. The van der Waals surface area contributed by atoms with E-state index in [1.807, 2.05) is 30.5 Å². The van der Waals surface area contributed by atoms with E-state index < -0.39 is 0 Å². The van der Waals surface area contributed by atoms with E-state index in [2.05, 4.69) is 47.4 Å². The first-order valence-electron chi connectivity index (χ1n) is 12.6. The first kappa shape index (κ1) is 25.0. The first-order chi connectivity index (χ1) is 16.7. The fourth-order valence-corrected chi connectivity index (χ4v) is 5.66. The molecule has 1 amide bonds. The Bertz CT molecular complexity index is 1040. The number of fused-ring (bicyclic) bond motifs is 2. The van der Waals surface area contributed by atoms with Crippen molar-refractivity contribution in [1.82, 2.24) is 19.7 Å². The van der Waals surface area contributed by atoms with Crippen molar-refractivity contribution < 1.29 is 4.79 Å². The fraction of sp³-hybridized carbons (Fsp3) is 0.500. The quantitative estimate of drug-likeness (QED) is 0.525. The molecule has 0 aliphatic heterocycles. The summed E-state index contributed by atoms with van der Waals surface area (Å²) in [6.45, 7) is 7.04. The lowest BCUT2D eigenvalue weighted by molar-refractivity contribution is 0.0988. The van der Waals surface area contributed by atoms with Crippen LogP contribution in [0.15, 0.2) is 55.0 Å². The highest BCUT2D eigenvalue weighted by Gasteiger charge is 2.42. The Hall–Kier alpha value is -3.06. The zero-order chi connectivity index (χ0) is 25.1. The van der Waals surface area contributed by atoms with E-state index in [0.29, 0.717) is 29.7 Å². The number of carbonyl (C=O) groups is 1. The number of aromatic nitrogens is 1. The molecule has 7 heteroatoms. The largest absolute Gasteiger partial charge is 0.397 e. The van der Waals surface area contributed by atoms with Gasteiger partial charge in [0, 0.05) is 46.0 Å². The number of para-hydroxylation sites is 2. The molecule has 1 aromatic heterocycles. The minimum atomic E-state index is -0.181. The average Bonchev–Trinajstić information content (AvgIpc) is 3.49. The lowest BCUT2D eigenvalue weighted by Gasteiger charge is -2.40. The second-order valence-electron chi connectivity index (χ2n) is 10.5. The Morgan fingerprint density at radius 2 is 1.83 bits per heavy atom. The predicted octanol–water partition coefficient (Wildman–Crippen LogP) is 3.90. The molecule has 1 heterocycles. The second kappa shape index (κ2) is 10.7. The number of nitrogens with two attached hydrogens (primary N) is 1. The first-order valence-corrected chi connectivity index (χ1v) is 12.6. The zero-order valence-corrected chi connectivity index (χ0v) is 21.7. The molecule has 188 valence electrons. The number of carbonyl (C=O) groups excluding carboxylic acids is 1. The van der Waals surface area contributed by atoms with Gasteiger partial charge in [0.15, 0.2) is 0 Å². The molecule has 2 saturated carbocycles. The number of rotatable bonds is 10. The van der Waals surface area contributed by atoms with Crippen LogP contribution in [0.5, 0.6) is 0 Å². The van der Waals surface area contributed by atoms with Crippen molar-refractivity contribution in [2.75, 3.05) is 51.9 Å². The summed E-state index contributed by atoms with van der Waals surface area (Å²) < 4.78 is 0. The van der Waals surface area contributed by atoms with E-state index in [9.17, 15) is 4.79 Å². The van der Waals surface area contributed by atoms with Crippen molar-refractivity contribution in [2.24, 2.45) is 11.8 Å². The molecule has 35 heavy (non-hydrogen) atoms. The summed E-state index contributed by atoms with van der Waals surface area (Å²) in [5, 5.41) is 0. The summed E-state index contributed by atoms with van der Waals surface area (Å²) in [4.78, 5) is 26.0. The maximum absolute atomic E-state index is 13.0. The van der Waals surface area contributed by atoms with Gasteiger partial charge in [0.1, 0.15) is 5.69 Å². The standard InChI is InChI=1S/C28H40N6O/c1-20(32(4)27-17-21-10-12-23(27)16-21)34(15-14-31(2)3)19-22-11-13-25(30-18-22)28(35)33(5)26-9-7-6-8-24(26)29/h6-9,11,13,18,21,23,27H,1,10,12,14-17,19,29H2,2-5H3. The molecule has 2 aliphatic carbocycles. The molecular formula is C28H40N6O. The van der Waals surface area contributed by atoms with Crippen LogP contribution in [-0.4, -0.2) is 72.9 Å². The molecule has 2 aliphatic rings. The van der Waals surface area contributed by atoms with Crippen LogP contribution in [0.2, 0.25) is 0 Å². The number of hydrogen-bond donors (Lipinski definition) is 1. The molecule has 4 rings (SSSR count). The van der Waals surface area contributed by atoms with Gasteiger partial charge < -0.3 is 25.3 Å². The highest BCUT2D eigenvalue weighted by atomic mass is 16.2. The molecule has 3 unspecified atom stereocenters. The van der Waals surface area contributed by atoms with Crippen LogP contribution in [0.1, 0.15) is 41.7 Å². The van der Waals surface area contributed by atoms with Gasteiger partial charge >= 0.3 is 0 Å². The maximum atomic E-state index is 13.0. The Labute approximate surface area is 210 Å². The summed E-state index contributed by atoms with van der Waals surface area (Å²) in [6.07, 6.45) is 7.23. The molecule has 2 fully saturated rings. The van der Waals surface area contributed by atoms with Crippen LogP contribution >= 0.6 is 0 Å². The van der Waals surface area contributed by atoms with Gasteiger partial charge in [-0.25, -0.2) is 0 Å². The minimum absolute atomic E-state index is 0.181. The van der Waals surface area contributed by atoms with Crippen molar-refractivity contribution in [1.29, 1.82) is 0 Å². The van der Waals surface area contributed by atoms with E-state index in [0.717, 1.165) is 36.3 Å². The lowest BCUT2D eigenvalue weighted by atomic mass is 9.94. The van der Waals surface area contributed by atoms with Gasteiger partial charge in [-0.05, 0) is 69.0 Å². The van der Waals surface area contributed by atoms with Crippen molar-refractivity contribution >= 4 is 17.3 Å². The molecule has 2 N–H and O–H groups in total. The molecular weight excluding hydrogens is 436 g/mol. The molecule has 0 spiro atoms. The third kappa shape index (κ3) is 5.61. The van der Waals surface area contributed by atoms with E-state index in [-0.39, 0.29) is 5.91 Å². The van der Waals surface area contributed by atoms with Crippen LogP contribution < -0.4 is 10.6 Å². The summed E-state index contributed by atoms with van der Waals surface area (Å²) in [5.41, 5.74) is 8.75. The second-order valence-corrected chi connectivity index (χ2v) is 10.5. The van der Waals surface area contributed by atoms with Gasteiger partial charge in [-0.1, -0.05) is 31.2 Å². The van der Waals surface area contributed by atoms with Gasteiger partial charge in [0.25, 0.3) is 5.91 Å². The number of hydrogen-bond acceptors (Lipinski definition) is 6. The molecule has 3 atom stereocenters. The molecule has 2 aromatic rings. The predicted molar refractivity (Wildman–Crippen MR) is 143 cm³/mol. The Morgan fingerprint density at radius 3 is 2.43 bits per heavy atom. The lowest BCUT2D eigenvalue weighted by Crippen LogP contribution is -2.42. The monoisotopic (exact) mass is 476 g/mol. The SMILES string of the molecule is C=C(N(CCN(C)C)Cc1ccc(C(=O)N(C)c2ccccc2N)nc1)N(C)C1CC2CCC1C2. The van der Waals surface area contributed by atoms with Crippen LogP contribution in [0.4, 0.5) is 11.4 Å². The van der Waals surface area contributed by atoms with E-state index in [1.165, 1.54) is 25.7 Å². The van der Waals surface area contributed by atoms with Crippen molar-refractivity contribution in [3.05, 3.63) is 66.3 Å². The van der Waals surface area contributed by atoms with Crippen molar-refractivity contribution in [3.63, 3.8) is 0 Å². The van der Waals surface area contributed by atoms with Crippen LogP contribution in [0.3, 0.4) is 0 Å². The van der Waals surface area contributed by atoms with E-state index >= 15 is 0 Å². The smallest absolute Gasteiger partial charge is 0.276 e. The minimum Gasteiger partial charge on any atom is -0.397 e. The summed E-state index contributed by atoms with van der Waals surface area (Å²) in [6, 6.07) is 11.8. The third-order valence-corrected chi connectivity index (χ3v) is 7.81. The molecule has 7 nitrogen and oxygen atoms in total. The number of nitrogens with zero attached hydrogens (tertiary/aromatic N) is 5. The van der Waals surface area contributed by atoms with E-state index in [1.54, 1.807) is 24.1 Å². The summed E-state index contributed by atoms with van der Waals surface area (Å²) >= 11 is 0. The maximum Gasteiger partial charge on any atom is 0.276 e. The fourth-order valence-electron chi connectivity index (χ4n) is 5.66. The average molecular weight is 477 g/mol. The van der Waals surface area contributed by atoms with Crippen LogP contribution in [0.25, 0.3) is 0 Å². The van der Waals surface area contributed by atoms with E-state index in [4.69, 9.17) is 5.73 Å². The zero-order valence-electron chi connectivity index (χ0n) is 21.7. The third-order valence-electron chi connectivity index (χ3n) is 7.81. The highest BCUT2D eigenvalue weighted by Crippen LogP contribution is 2.47. The number of pyridine rings is 1. The van der Waals surface area contributed by atoms with Crippen molar-refractivity contribution in [2.45, 2.75) is 38.3 Å².